The van der Waals surface area contributed by atoms with Crippen LogP contribution in [0.5, 0.6) is 0 Å². The maximum absolute atomic E-state index is 12.3. The number of hydrogen-bond acceptors (Lipinski definition) is 5. The first-order chi connectivity index (χ1) is 15.2. The monoisotopic (exact) mass is 427 g/mol. The van der Waals surface area contributed by atoms with Crippen LogP contribution in [0.15, 0.2) is 47.7 Å². The van der Waals surface area contributed by atoms with Crippen LogP contribution in [0.2, 0.25) is 0 Å². The number of aliphatic imine (C=N–C) groups is 1. The quantitative estimate of drug-likeness (QED) is 0.301. The number of hydrogen-bond donors (Lipinski definition) is 3. The molecule has 9 nitrogen and oxygen atoms in total. The van der Waals surface area contributed by atoms with Gasteiger partial charge in [0.25, 0.3) is 0 Å². The third-order valence-electron chi connectivity index (χ3n) is 5.07. The highest BCUT2D eigenvalue weighted by Gasteiger charge is 2.12. The molecule has 2 aromatic rings. The Kier molecular flexibility index (Phi) is 9.33. The maximum atomic E-state index is 12.3. The summed E-state index contributed by atoms with van der Waals surface area (Å²) in [4.78, 5) is 18.8. The Morgan fingerprint density at radius 1 is 1.19 bits per heavy atom. The number of guanidine groups is 1. The Labute approximate surface area is 183 Å². The molecule has 0 bridgehead atoms. The van der Waals surface area contributed by atoms with E-state index < -0.39 is 0 Å². The highest BCUT2D eigenvalue weighted by Crippen LogP contribution is 2.11. The highest BCUT2D eigenvalue weighted by molar-refractivity contribution is 5.90. The van der Waals surface area contributed by atoms with E-state index in [9.17, 15) is 4.79 Å². The number of benzene rings is 1. The normalized spacial score (nSPS) is 14.9. The largest absolute Gasteiger partial charge is 0.379 e. The third kappa shape index (κ3) is 8.39. The van der Waals surface area contributed by atoms with Gasteiger partial charge in [0.2, 0.25) is 5.91 Å². The number of rotatable bonds is 10. The van der Waals surface area contributed by atoms with Crippen molar-refractivity contribution in [1.29, 1.82) is 0 Å². The van der Waals surface area contributed by atoms with Crippen molar-refractivity contribution < 1.29 is 9.53 Å². The summed E-state index contributed by atoms with van der Waals surface area (Å²) in [5.74, 6) is 0.784. The van der Waals surface area contributed by atoms with Gasteiger partial charge in [0.15, 0.2) is 5.96 Å². The lowest BCUT2D eigenvalue weighted by atomic mass is 10.2. The first-order valence-electron chi connectivity index (χ1n) is 10.8. The van der Waals surface area contributed by atoms with E-state index in [1.165, 1.54) is 0 Å². The summed E-state index contributed by atoms with van der Waals surface area (Å²) in [7, 11) is 1.76. The van der Waals surface area contributed by atoms with Gasteiger partial charge < -0.3 is 20.7 Å². The van der Waals surface area contributed by atoms with E-state index in [4.69, 9.17) is 4.74 Å². The van der Waals surface area contributed by atoms with E-state index in [1.807, 2.05) is 41.2 Å². The number of aromatic nitrogens is 2. The summed E-state index contributed by atoms with van der Waals surface area (Å²) in [5, 5.41) is 13.8. The summed E-state index contributed by atoms with van der Waals surface area (Å²) in [6.07, 6.45) is 5.18. The number of anilines is 1. The topological polar surface area (TPSA) is 95.8 Å². The van der Waals surface area contributed by atoms with Crippen LogP contribution in [-0.2, 0) is 22.6 Å². The molecule has 3 N–H and O–H groups in total. The third-order valence-corrected chi connectivity index (χ3v) is 5.07. The van der Waals surface area contributed by atoms with Gasteiger partial charge in [-0.3, -0.25) is 19.4 Å². The average molecular weight is 428 g/mol. The maximum Gasteiger partial charge on any atom is 0.225 e. The second-order valence-corrected chi connectivity index (χ2v) is 7.43. The zero-order valence-electron chi connectivity index (χ0n) is 18.2. The number of carbonyl (C=O) groups is 1. The van der Waals surface area contributed by atoms with E-state index in [2.05, 4.69) is 30.9 Å². The summed E-state index contributed by atoms with van der Waals surface area (Å²) in [5.41, 5.74) is 1.89. The van der Waals surface area contributed by atoms with Crippen LogP contribution in [0.4, 0.5) is 5.69 Å². The Morgan fingerprint density at radius 3 is 2.84 bits per heavy atom. The van der Waals surface area contributed by atoms with Gasteiger partial charge in [0.05, 0.1) is 13.2 Å². The molecule has 1 amide bonds. The molecule has 0 radical (unpaired) electrons. The SMILES string of the molecule is CN=C(NCCCn1cccn1)NCc1cccc(NC(=O)CCN2CCOCC2)c1. The van der Waals surface area contributed by atoms with Crippen LogP contribution >= 0.6 is 0 Å². The van der Waals surface area contributed by atoms with Crippen LogP contribution in [0.3, 0.4) is 0 Å². The van der Waals surface area contributed by atoms with Gasteiger partial charge in [-0.05, 0) is 30.2 Å². The van der Waals surface area contributed by atoms with E-state index in [0.717, 1.165) is 69.6 Å². The Morgan fingerprint density at radius 2 is 2.06 bits per heavy atom. The van der Waals surface area contributed by atoms with Crippen molar-refractivity contribution in [1.82, 2.24) is 25.3 Å². The molecule has 1 aliphatic rings. The van der Waals surface area contributed by atoms with Gasteiger partial charge >= 0.3 is 0 Å². The standard InChI is InChI=1S/C22H33N7O2/c1-23-22(24-8-3-10-29-11-4-9-26-29)25-18-19-5-2-6-20(17-19)27-21(30)7-12-28-13-15-31-16-14-28/h2,4-6,9,11,17H,3,7-8,10,12-16,18H2,1H3,(H,27,30)(H2,23,24,25). The number of amides is 1. The number of nitrogens with zero attached hydrogens (tertiary/aromatic N) is 4. The highest BCUT2D eigenvalue weighted by atomic mass is 16.5. The van der Waals surface area contributed by atoms with Crippen molar-refractivity contribution in [3.63, 3.8) is 0 Å². The fourth-order valence-corrected chi connectivity index (χ4v) is 3.35. The molecular weight excluding hydrogens is 394 g/mol. The average Bonchev–Trinajstić information content (AvgIpc) is 3.32. The van der Waals surface area contributed by atoms with Crippen LogP contribution in [-0.4, -0.2) is 73.0 Å². The molecule has 3 rings (SSSR count). The molecule has 0 saturated carbocycles. The summed E-state index contributed by atoms with van der Waals surface area (Å²) in [6, 6.07) is 9.81. The van der Waals surface area contributed by atoms with Gasteiger partial charge in [-0.2, -0.15) is 5.10 Å². The summed E-state index contributed by atoms with van der Waals surface area (Å²) in [6.45, 7) is 6.34. The Bertz CT molecular complexity index is 817. The van der Waals surface area contributed by atoms with Crippen LogP contribution in [0.1, 0.15) is 18.4 Å². The first kappa shape index (κ1) is 22.8. The number of ether oxygens (including phenoxy) is 1. The van der Waals surface area contributed by atoms with Crippen LogP contribution in [0, 0.1) is 0 Å². The van der Waals surface area contributed by atoms with Gasteiger partial charge in [0.1, 0.15) is 0 Å². The first-order valence-corrected chi connectivity index (χ1v) is 10.8. The predicted molar refractivity (Wildman–Crippen MR) is 122 cm³/mol. The lowest BCUT2D eigenvalue weighted by molar-refractivity contribution is -0.116. The molecule has 1 aliphatic heterocycles. The molecule has 1 aromatic carbocycles. The van der Waals surface area contributed by atoms with E-state index in [-0.39, 0.29) is 5.91 Å². The Balaban J connectivity index is 1.36. The van der Waals surface area contributed by atoms with Crippen molar-refractivity contribution in [2.45, 2.75) is 25.9 Å². The number of nitrogens with one attached hydrogen (secondary N) is 3. The van der Waals surface area contributed by atoms with Crippen molar-refractivity contribution >= 4 is 17.6 Å². The van der Waals surface area contributed by atoms with E-state index >= 15 is 0 Å². The molecule has 1 aromatic heterocycles. The van der Waals surface area contributed by atoms with Crippen LogP contribution < -0.4 is 16.0 Å². The number of morpholine rings is 1. The lowest BCUT2D eigenvalue weighted by Gasteiger charge is -2.26. The molecule has 0 aliphatic carbocycles. The van der Waals surface area contributed by atoms with E-state index in [0.29, 0.717) is 13.0 Å². The fourth-order valence-electron chi connectivity index (χ4n) is 3.35. The van der Waals surface area contributed by atoms with Gasteiger partial charge in [0, 0.05) is 70.8 Å². The summed E-state index contributed by atoms with van der Waals surface area (Å²) < 4.78 is 7.26. The number of carbonyl (C=O) groups excluding carboxylic acids is 1. The minimum absolute atomic E-state index is 0.0336. The molecule has 1 saturated heterocycles. The summed E-state index contributed by atoms with van der Waals surface area (Å²) >= 11 is 0. The second-order valence-electron chi connectivity index (χ2n) is 7.43. The zero-order chi connectivity index (χ0) is 21.7. The predicted octanol–water partition coefficient (Wildman–Crippen LogP) is 1.30. The fraction of sp³-hybridized carbons (Fsp3) is 0.500. The second kappa shape index (κ2) is 12.7. The molecule has 9 heteroatoms. The minimum atomic E-state index is 0.0336. The van der Waals surface area contributed by atoms with Crippen molar-refractivity contribution in [3.05, 3.63) is 48.3 Å². The van der Waals surface area contributed by atoms with Crippen LogP contribution in [0.25, 0.3) is 0 Å². The minimum Gasteiger partial charge on any atom is -0.379 e. The molecule has 0 atom stereocenters. The van der Waals surface area contributed by atoms with Crippen molar-refractivity contribution in [3.8, 4) is 0 Å². The van der Waals surface area contributed by atoms with Gasteiger partial charge in [-0.1, -0.05) is 12.1 Å². The van der Waals surface area contributed by atoms with Gasteiger partial charge in [-0.25, -0.2) is 0 Å². The Hall–Kier alpha value is -2.91. The lowest BCUT2D eigenvalue weighted by Crippen LogP contribution is -2.38. The molecule has 168 valence electrons. The molecule has 0 spiro atoms. The molecule has 0 unspecified atom stereocenters. The smallest absolute Gasteiger partial charge is 0.225 e. The van der Waals surface area contributed by atoms with Crippen molar-refractivity contribution in [2.75, 3.05) is 51.8 Å². The zero-order valence-corrected chi connectivity index (χ0v) is 18.2. The molecule has 1 fully saturated rings. The molecule has 2 heterocycles. The molecule has 31 heavy (non-hydrogen) atoms. The van der Waals surface area contributed by atoms with Gasteiger partial charge in [-0.15, -0.1) is 0 Å². The molecular formula is C22H33N7O2. The van der Waals surface area contributed by atoms with Crippen molar-refractivity contribution in [2.24, 2.45) is 4.99 Å². The van der Waals surface area contributed by atoms with E-state index in [1.54, 1.807) is 13.2 Å². The number of aryl methyl sites for hydroxylation is 1.